The van der Waals surface area contributed by atoms with Gasteiger partial charge in [0.05, 0.1) is 18.6 Å². The lowest BCUT2D eigenvalue weighted by atomic mass is 9.98. The SMILES string of the molecule is Cc1cn2c(CN(C(=O)Nc3ccc(C(=O)OC4CCCCC4)s3)[C@@H](Cc3ccc(O)cc3)C(N)=O)c[n+](C)c2s1. The number of amides is 3. The second kappa shape index (κ2) is 12.3. The van der Waals surface area contributed by atoms with Crippen LogP contribution in [0.1, 0.15) is 57.9 Å². The van der Waals surface area contributed by atoms with E-state index >= 15 is 0 Å². The normalized spacial score (nSPS) is 14.6. The zero-order chi connectivity index (χ0) is 29.1. The summed E-state index contributed by atoms with van der Waals surface area (Å²) in [5.74, 6) is -0.947. The van der Waals surface area contributed by atoms with Crippen molar-refractivity contribution in [3.8, 4) is 5.75 Å². The van der Waals surface area contributed by atoms with E-state index in [-0.39, 0.29) is 24.8 Å². The zero-order valence-electron chi connectivity index (χ0n) is 23.0. The van der Waals surface area contributed by atoms with E-state index in [1.54, 1.807) is 35.6 Å². The van der Waals surface area contributed by atoms with E-state index < -0.39 is 23.9 Å². The van der Waals surface area contributed by atoms with Crippen molar-refractivity contribution >= 4 is 50.5 Å². The van der Waals surface area contributed by atoms with Crippen molar-refractivity contribution in [2.75, 3.05) is 5.32 Å². The third-order valence-corrected chi connectivity index (χ3v) is 9.32. The molecule has 1 atom stereocenters. The molecule has 0 spiro atoms. The minimum atomic E-state index is -0.981. The molecule has 0 saturated heterocycles. The average Bonchev–Trinajstić information content (AvgIpc) is 3.64. The molecular weight excluding hydrogens is 562 g/mol. The van der Waals surface area contributed by atoms with Crippen molar-refractivity contribution in [1.29, 1.82) is 0 Å². The number of thiazole rings is 1. The quantitative estimate of drug-likeness (QED) is 0.193. The molecule has 1 aromatic carbocycles. The molecule has 0 radical (unpaired) electrons. The predicted octanol–water partition coefficient (Wildman–Crippen LogP) is 4.52. The summed E-state index contributed by atoms with van der Waals surface area (Å²) in [5.41, 5.74) is 7.42. The van der Waals surface area contributed by atoms with Crippen molar-refractivity contribution < 1.29 is 28.8 Å². The first-order valence-electron chi connectivity index (χ1n) is 13.6. The maximum atomic E-state index is 13.8. The van der Waals surface area contributed by atoms with E-state index in [1.807, 2.05) is 35.3 Å². The van der Waals surface area contributed by atoms with E-state index in [0.717, 1.165) is 64.5 Å². The van der Waals surface area contributed by atoms with Gasteiger partial charge in [0.25, 0.3) is 0 Å². The monoisotopic (exact) mass is 596 g/mol. The molecular formula is C29H34N5O5S2+. The molecule has 1 saturated carbocycles. The number of ether oxygens (including phenoxy) is 1. The van der Waals surface area contributed by atoms with Crippen molar-refractivity contribution in [2.24, 2.45) is 12.8 Å². The Morgan fingerprint density at radius 2 is 1.88 bits per heavy atom. The van der Waals surface area contributed by atoms with Crippen LogP contribution in [0.5, 0.6) is 5.75 Å². The Morgan fingerprint density at radius 1 is 1.15 bits per heavy atom. The van der Waals surface area contributed by atoms with Crippen molar-refractivity contribution in [2.45, 2.75) is 64.1 Å². The molecule has 5 rings (SSSR count). The molecule has 41 heavy (non-hydrogen) atoms. The fourth-order valence-electron chi connectivity index (χ4n) is 5.16. The van der Waals surface area contributed by atoms with Gasteiger partial charge in [0.1, 0.15) is 35.2 Å². The maximum absolute atomic E-state index is 13.8. The highest BCUT2D eigenvalue weighted by Gasteiger charge is 2.32. The number of benzene rings is 1. The Kier molecular flexibility index (Phi) is 8.60. The van der Waals surface area contributed by atoms with E-state index in [4.69, 9.17) is 10.5 Å². The van der Waals surface area contributed by atoms with Crippen LogP contribution < -0.4 is 15.6 Å². The smallest absolute Gasteiger partial charge is 0.348 e. The second-order valence-electron chi connectivity index (χ2n) is 10.4. The number of nitrogens with zero attached hydrogens (tertiary/aromatic N) is 3. The Balaban J connectivity index is 1.39. The van der Waals surface area contributed by atoms with E-state index in [0.29, 0.717) is 9.88 Å². The number of aryl methyl sites for hydroxylation is 2. The van der Waals surface area contributed by atoms with Gasteiger partial charge < -0.3 is 20.5 Å². The van der Waals surface area contributed by atoms with Crippen LogP contribution in [0.15, 0.2) is 48.8 Å². The number of anilines is 1. The Labute approximate surface area is 246 Å². The van der Waals surface area contributed by atoms with Crippen LogP contribution in [0.2, 0.25) is 0 Å². The number of primary amides is 1. The number of aromatic hydroxyl groups is 1. The van der Waals surface area contributed by atoms with Gasteiger partial charge in [0, 0.05) is 11.3 Å². The Hall–Kier alpha value is -3.90. The first-order chi connectivity index (χ1) is 19.7. The van der Waals surface area contributed by atoms with Gasteiger partial charge in [-0.05, 0) is 62.4 Å². The zero-order valence-corrected chi connectivity index (χ0v) is 24.7. The molecule has 0 aliphatic heterocycles. The number of thiophene rings is 1. The molecule has 3 amide bonds. The standard InChI is InChI=1S/C29H33N5O5S2/c1-18-15-33-20(16-32(2)29(33)40-18)17-34(23(26(30)36)14-19-8-10-21(35)11-9-19)28(38)31-25-13-12-24(41-25)27(37)39-22-6-4-3-5-7-22/h8-13,15-16,22-23H,3-7,14,17H2,1-2H3,(H3-,30,31,35,36,37,38)/p+1/t23-/m0/s1. The van der Waals surface area contributed by atoms with Crippen LogP contribution in [0.3, 0.4) is 0 Å². The van der Waals surface area contributed by atoms with Crippen LogP contribution in [-0.4, -0.2) is 44.5 Å². The third-order valence-electron chi connectivity index (χ3n) is 7.25. The van der Waals surface area contributed by atoms with Crippen LogP contribution in [0.4, 0.5) is 9.80 Å². The summed E-state index contributed by atoms with van der Waals surface area (Å²) in [6.45, 7) is 2.12. The summed E-state index contributed by atoms with van der Waals surface area (Å²) < 4.78 is 9.66. The summed E-state index contributed by atoms with van der Waals surface area (Å²) in [6, 6.07) is 8.25. The molecule has 0 unspecified atom stereocenters. The highest BCUT2D eigenvalue weighted by atomic mass is 32.1. The van der Waals surface area contributed by atoms with Crippen LogP contribution in [0.25, 0.3) is 4.96 Å². The summed E-state index contributed by atoms with van der Waals surface area (Å²) in [4.78, 5) is 43.2. The minimum Gasteiger partial charge on any atom is -0.508 e. The van der Waals surface area contributed by atoms with Crippen molar-refractivity contribution in [1.82, 2.24) is 9.30 Å². The first kappa shape index (κ1) is 28.6. The van der Waals surface area contributed by atoms with Crippen LogP contribution in [-0.2, 0) is 29.5 Å². The molecule has 4 N–H and O–H groups in total. The van der Waals surface area contributed by atoms with E-state index in [2.05, 4.69) is 5.32 Å². The number of hydrogen-bond donors (Lipinski definition) is 3. The maximum Gasteiger partial charge on any atom is 0.348 e. The molecule has 0 bridgehead atoms. The first-order valence-corrected chi connectivity index (χ1v) is 15.2. The van der Waals surface area contributed by atoms with Gasteiger partial charge in [-0.25, -0.2) is 14.2 Å². The molecule has 1 aliphatic carbocycles. The topological polar surface area (TPSA) is 130 Å². The van der Waals surface area contributed by atoms with Gasteiger partial charge in [-0.15, -0.1) is 11.3 Å². The molecule has 4 aromatic rings. The number of imidazole rings is 1. The van der Waals surface area contributed by atoms with Crippen molar-refractivity contribution in [3.05, 3.63) is 69.8 Å². The van der Waals surface area contributed by atoms with E-state index in [1.165, 1.54) is 17.0 Å². The number of nitrogens with two attached hydrogens (primary N) is 1. The highest BCUT2D eigenvalue weighted by Crippen LogP contribution is 2.27. The Morgan fingerprint density at radius 3 is 2.59 bits per heavy atom. The number of carbonyl (C=O) groups is 3. The second-order valence-corrected chi connectivity index (χ2v) is 12.7. The lowest BCUT2D eigenvalue weighted by Gasteiger charge is -2.29. The number of nitrogens with one attached hydrogen (secondary N) is 1. The highest BCUT2D eigenvalue weighted by molar-refractivity contribution is 7.18. The molecule has 1 aliphatic rings. The largest absolute Gasteiger partial charge is 0.508 e. The predicted molar refractivity (Wildman–Crippen MR) is 157 cm³/mol. The fourth-order valence-corrected chi connectivity index (χ4v) is 6.85. The van der Waals surface area contributed by atoms with Gasteiger partial charge in [-0.2, -0.15) is 4.40 Å². The lowest BCUT2D eigenvalue weighted by Crippen LogP contribution is -2.50. The van der Waals surface area contributed by atoms with Crippen LogP contribution in [0, 0.1) is 6.92 Å². The third kappa shape index (κ3) is 6.71. The number of carbonyl (C=O) groups excluding carboxylic acids is 3. The molecule has 12 heteroatoms. The number of phenols is 1. The lowest BCUT2D eigenvalue weighted by molar-refractivity contribution is -0.642. The molecule has 1 fully saturated rings. The van der Waals surface area contributed by atoms with Gasteiger partial charge in [0.15, 0.2) is 5.69 Å². The van der Waals surface area contributed by atoms with Gasteiger partial charge in [-0.1, -0.05) is 29.9 Å². The van der Waals surface area contributed by atoms with Gasteiger partial charge in [-0.3, -0.25) is 10.1 Å². The van der Waals surface area contributed by atoms with Gasteiger partial charge in [0.2, 0.25) is 5.91 Å². The summed E-state index contributed by atoms with van der Waals surface area (Å²) in [6.07, 6.45) is 9.04. The number of phenolic OH excluding ortho intramolecular Hbond substituents is 1. The average molecular weight is 597 g/mol. The summed E-state index contributed by atoms with van der Waals surface area (Å²) >= 11 is 2.76. The summed E-state index contributed by atoms with van der Waals surface area (Å²) in [7, 11) is 1.93. The molecule has 3 aromatic heterocycles. The number of esters is 1. The molecule has 10 nitrogen and oxygen atoms in total. The number of hydrogen-bond acceptors (Lipinski definition) is 7. The van der Waals surface area contributed by atoms with Gasteiger partial charge >= 0.3 is 17.0 Å². The van der Waals surface area contributed by atoms with E-state index in [9.17, 15) is 19.5 Å². The number of fused-ring (bicyclic) bond motifs is 1. The van der Waals surface area contributed by atoms with Crippen molar-refractivity contribution in [3.63, 3.8) is 0 Å². The minimum absolute atomic E-state index is 0.0657. The molecule has 216 valence electrons. The number of urea groups is 1. The number of aromatic nitrogens is 2. The summed E-state index contributed by atoms with van der Waals surface area (Å²) in [5, 5.41) is 13.0. The van der Waals surface area contributed by atoms with Crippen LogP contribution >= 0.6 is 22.7 Å². The molecule has 3 heterocycles. The number of rotatable bonds is 9. The fraction of sp³-hybridized carbons (Fsp3) is 0.379. The Bertz CT molecular complexity index is 1550.